The molecule has 0 saturated carbocycles. The van der Waals surface area contributed by atoms with E-state index in [-0.39, 0.29) is 17.6 Å². The smallest absolute Gasteiger partial charge is 0.257 e. The lowest BCUT2D eigenvalue weighted by Crippen LogP contribution is -2.53. The van der Waals surface area contributed by atoms with Crippen molar-refractivity contribution in [3.8, 4) is 16.9 Å². The molecule has 2 aromatic carbocycles. The van der Waals surface area contributed by atoms with Gasteiger partial charge in [-0.1, -0.05) is 29.8 Å². The Labute approximate surface area is 209 Å². The molecule has 0 atom stereocenters. The third kappa shape index (κ3) is 5.32. The zero-order chi connectivity index (χ0) is 25.1. The lowest BCUT2D eigenvalue weighted by atomic mass is 10.1. The fourth-order valence-electron chi connectivity index (χ4n) is 4.56. The first kappa shape index (κ1) is 24.1. The number of hydrogen-bond donors (Lipinski definition) is 0. The SMILES string of the molecule is Cc1ccc(-c2nn(-c3ccc(F)cc3)cc2C(=O)N2CCN(C(=O)CN3CCOCC3)CC2)cc1. The molecule has 5 rings (SSSR count). The molecule has 188 valence electrons. The van der Waals surface area contributed by atoms with E-state index in [0.717, 1.165) is 24.2 Å². The van der Waals surface area contributed by atoms with E-state index >= 15 is 0 Å². The van der Waals surface area contributed by atoms with Crippen LogP contribution in [0.5, 0.6) is 0 Å². The number of aromatic nitrogens is 2. The quantitative estimate of drug-likeness (QED) is 0.549. The number of aryl methyl sites for hydroxylation is 1. The van der Waals surface area contributed by atoms with E-state index in [9.17, 15) is 14.0 Å². The number of halogens is 1. The Morgan fingerprint density at radius 2 is 1.53 bits per heavy atom. The van der Waals surface area contributed by atoms with E-state index in [4.69, 9.17) is 9.84 Å². The Morgan fingerprint density at radius 3 is 2.19 bits per heavy atom. The highest BCUT2D eigenvalue weighted by Gasteiger charge is 2.29. The zero-order valence-electron chi connectivity index (χ0n) is 20.4. The van der Waals surface area contributed by atoms with Crippen LogP contribution in [0.25, 0.3) is 16.9 Å². The second kappa shape index (κ2) is 10.6. The van der Waals surface area contributed by atoms with Crippen molar-refractivity contribution in [3.63, 3.8) is 0 Å². The Kier molecular flexibility index (Phi) is 7.11. The van der Waals surface area contributed by atoms with Gasteiger partial charge in [0.05, 0.1) is 31.0 Å². The van der Waals surface area contributed by atoms with E-state index < -0.39 is 0 Å². The molecule has 9 heteroatoms. The summed E-state index contributed by atoms with van der Waals surface area (Å²) < 4.78 is 20.4. The number of nitrogens with zero attached hydrogens (tertiary/aromatic N) is 5. The van der Waals surface area contributed by atoms with Crippen LogP contribution in [-0.2, 0) is 9.53 Å². The van der Waals surface area contributed by atoms with Gasteiger partial charge in [0.25, 0.3) is 5.91 Å². The molecule has 2 amide bonds. The average molecular weight is 492 g/mol. The number of carbonyl (C=O) groups excluding carboxylic acids is 2. The van der Waals surface area contributed by atoms with E-state index in [0.29, 0.717) is 62.9 Å². The Hall–Kier alpha value is -3.56. The maximum absolute atomic E-state index is 13.6. The number of morpholine rings is 1. The zero-order valence-corrected chi connectivity index (χ0v) is 20.4. The Balaban J connectivity index is 1.33. The number of benzene rings is 2. The molecule has 1 aromatic heterocycles. The molecular weight excluding hydrogens is 461 g/mol. The molecular formula is C27H30FN5O3. The topological polar surface area (TPSA) is 70.9 Å². The molecule has 8 nitrogen and oxygen atoms in total. The van der Waals surface area contributed by atoms with Gasteiger partial charge in [-0.3, -0.25) is 14.5 Å². The van der Waals surface area contributed by atoms with Gasteiger partial charge in [-0.25, -0.2) is 9.07 Å². The predicted octanol–water partition coefficient (Wildman–Crippen LogP) is 2.60. The summed E-state index contributed by atoms with van der Waals surface area (Å²) in [5.41, 5.74) is 3.68. The van der Waals surface area contributed by atoms with Crippen molar-refractivity contribution in [1.82, 2.24) is 24.5 Å². The number of ether oxygens (including phenoxy) is 1. The number of hydrogen-bond acceptors (Lipinski definition) is 5. The van der Waals surface area contributed by atoms with Crippen molar-refractivity contribution in [2.45, 2.75) is 6.92 Å². The minimum absolute atomic E-state index is 0.0912. The van der Waals surface area contributed by atoms with Crippen molar-refractivity contribution in [3.05, 3.63) is 71.7 Å². The van der Waals surface area contributed by atoms with Crippen molar-refractivity contribution < 1.29 is 18.7 Å². The molecule has 3 heterocycles. The van der Waals surface area contributed by atoms with Gasteiger partial charge in [0.1, 0.15) is 11.5 Å². The molecule has 3 aromatic rings. The number of piperazine rings is 1. The van der Waals surface area contributed by atoms with E-state index in [1.807, 2.05) is 36.1 Å². The third-order valence-electron chi connectivity index (χ3n) is 6.74. The van der Waals surface area contributed by atoms with Crippen LogP contribution in [-0.4, -0.2) is 95.3 Å². The highest BCUT2D eigenvalue weighted by atomic mass is 19.1. The van der Waals surface area contributed by atoms with Crippen LogP contribution in [0.3, 0.4) is 0 Å². The van der Waals surface area contributed by atoms with Gasteiger partial charge < -0.3 is 14.5 Å². The Bertz CT molecular complexity index is 1210. The molecule has 2 aliphatic rings. The van der Waals surface area contributed by atoms with Gasteiger partial charge in [-0.2, -0.15) is 5.10 Å². The van der Waals surface area contributed by atoms with Crippen LogP contribution < -0.4 is 0 Å². The molecule has 0 aliphatic carbocycles. The Morgan fingerprint density at radius 1 is 0.889 bits per heavy atom. The highest BCUT2D eigenvalue weighted by Crippen LogP contribution is 2.26. The van der Waals surface area contributed by atoms with Crippen LogP contribution in [0.2, 0.25) is 0 Å². The minimum atomic E-state index is -0.331. The summed E-state index contributed by atoms with van der Waals surface area (Å²) in [6, 6.07) is 13.9. The van der Waals surface area contributed by atoms with Crippen LogP contribution >= 0.6 is 0 Å². The largest absolute Gasteiger partial charge is 0.379 e. The van der Waals surface area contributed by atoms with E-state index in [1.165, 1.54) is 12.1 Å². The van der Waals surface area contributed by atoms with Crippen LogP contribution in [0, 0.1) is 12.7 Å². The van der Waals surface area contributed by atoms with Gasteiger partial charge in [0.15, 0.2) is 0 Å². The second-order valence-electron chi connectivity index (χ2n) is 9.24. The third-order valence-corrected chi connectivity index (χ3v) is 6.74. The average Bonchev–Trinajstić information content (AvgIpc) is 3.35. The lowest BCUT2D eigenvalue weighted by Gasteiger charge is -2.36. The molecule has 0 bridgehead atoms. The van der Waals surface area contributed by atoms with Crippen LogP contribution in [0.4, 0.5) is 4.39 Å². The molecule has 2 saturated heterocycles. The maximum atomic E-state index is 13.6. The van der Waals surface area contributed by atoms with Crippen LogP contribution in [0.15, 0.2) is 54.7 Å². The summed E-state index contributed by atoms with van der Waals surface area (Å²) >= 11 is 0. The van der Waals surface area contributed by atoms with Gasteiger partial charge in [-0.15, -0.1) is 0 Å². The van der Waals surface area contributed by atoms with Gasteiger partial charge in [-0.05, 0) is 31.2 Å². The first-order valence-corrected chi connectivity index (χ1v) is 12.3. The molecule has 2 aliphatic heterocycles. The van der Waals surface area contributed by atoms with Crippen LogP contribution in [0.1, 0.15) is 15.9 Å². The summed E-state index contributed by atoms with van der Waals surface area (Å²) in [5.74, 6) is -0.366. The van der Waals surface area contributed by atoms with Gasteiger partial charge in [0.2, 0.25) is 5.91 Å². The standard InChI is InChI=1S/C27H30FN5O3/c1-20-2-4-21(5-3-20)26-24(18-33(29-26)23-8-6-22(28)7-9-23)27(35)32-12-10-31(11-13-32)25(34)19-30-14-16-36-17-15-30/h2-9,18H,10-17,19H2,1H3. The molecule has 0 radical (unpaired) electrons. The molecule has 0 spiro atoms. The second-order valence-corrected chi connectivity index (χ2v) is 9.24. The number of rotatable bonds is 5. The number of amides is 2. The van der Waals surface area contributed by atoms with Gasteiger partial charge >= 0.3 is 0 Å². The van der Waals surface area contributed by atoms with E-state index in [1.54, 1.807) is 27.9 Å². The summed E-state index contributed by atoms with van der Waals surface area (Å²) in [6.45, 7) is 7.17. The summed E-state index contributed by atoms with van der Waals surface area (Å²) in [5, 5.41) is 4.70. The monoisotopic (exact) mass is 491 g/mol. The summed E-state index contributed by atoms with van der Waals surface area (Å²) in [7, 11) is 0. The van der Waals surface area contributed by atoms with E-state index in [2.05, 4.69) is 4.90 Å². The molecule has 0 unspecified atom stereocenters. The van der Waals surface area contributed by atoms with Crippen molar-refractivity contribution in [1.29, 1.82) is 0 Å². The number of carbonyl (C=O) groups is 2. The summed E-state index contributed by atoms with van der Waals surface area (Å²) in [4.78, 5) is 32.1. The fraction of sp³-hybridized carbons (Fsp3) is 0.370. The normalized spacial score (nSPS) is 16.8. The van der Waals surface area contributed by atoms with Crippen molar-refractivity contribution >= 4 is 11.8 Å². The molecule has 36 heavy (non-hydrogen) atoms. The minimum Gasteiger partial charge on any atom is -0.379 e. The van der Waals surface area contributed by atoms with Gasteiger partial charge in [0, 0.05) is 51.0 Å². The highest BCUT2D eigenvalue weighted by molar-refractivity contribution is 6.00. The van der Waals surface area contributed by atoms with Crippen molar-refractivity contribution in [2.75, 3.05) is 59.0 Å². The van der Waals surface area contributed by atoms with Crippen molar-refractivity contribution in [2.24, 2.45) is 0 Å². The molecule has 0 N–H and O–H groups in total. The first-order valence-electron chi connectivity index (χ1n) is 12.3. The lowest BCUT2D eigenvalue weighted by molar-refractivity contribution is -0.134. The first-order chi connectivity index (χ1) is 17.5. The summed E-state index contributed by atoms with van der Waals surface area (Å²) in [6.07, 6.45) is 1.71. The predicted molar refractivity (Wildman–Crippen MR) is 133 cm³/mol. The molecule has 2 fully saturated rings. The fourth-order valence-corrected chi connectivity index (χ4v) is 4.56. The maximum Gasteiger partial charge on any atom is 0.257 e.